The van der Waals surface area contributed by atoms with Gasteiger partial charge in [-0.15, -0.1) is 0 Å². The average molecular weight is 1060 g/mol. The summed E-state index contributed by atoms with van der Waals surface area (Å²) in [6, 6.07) is 0. The third kappa shape index (κ3) is 62.9. The third-order valence-electron chi connectivity index (χ3n) is 15.8. The van der Waals surface area contributed by atoms with Crippen molar-refractivity contribution < 1.29 is 28.6 Å². The lowest BCUT2D eigenvalue weighted by Crippen LogP contribution is -2.30. The van der Waals surface area contributed by atoms with Gasteiger partial charge in [-0.05, 0) is 44.9 Å². The number of esters is 3. The van der Waals surface area contributed by atoms with E-state index in [9.17, 15) is 14.4 Å². The molecule has 1 unspecified atom stereocenters. The van der Waals surface area contributed by atoms with Crippen LogP contribution in [-0.4, -0.2) is 37.2 Å². The zero-order chi connectivity index (χ0) is 54.3. The highest BCUT2D eigenvalue weighted by Crippen LogP contribution is 2.19. The van der Waals surface area contributed by atoms with Gasteiger partial charge in [0.1, 0.15) is 13.2 Å². The van der Waals surface area contributed by atoms with E-state index < -0.39 is 6.10 Å². The predicted molar refractivity (Wildman–Crippen MR) is 326 cm³/mol. The lowest BCUT2D eigenvalue weighted by molar-refractivity contribution is -0.167. The Bertz CT molecular complexity index is 1170. The highest BCUT2D eigenvalue weighted by molar-refractivity contribution is 5.71. The molecular formula is C69H132O6. The van der Waals surface area contributed by atoms with Gasteiger partial charge in [-0.1, -0.05) is 341 Å². The Kier molecular flexibility index (Phi) is 63.1. The molecular weight excluding hydrogens is 925 g/mol. The van der Waals surface area contributed by atoms with Crippen molar-refractivity contribution in [3.8, 4) is 0 Å². The van der Waals surface area contributed by atoms with Crippen molar-refractivity contribution in [1.29, 1.82) is 0 Å². The molecule has 0 aliphatic carbocycles. The van der Waals surface area contributed by atoms with E-state index in [1.54, 1.807) is 0 Å². The van der Waals surface area contributed by atoms with Crippen LogP contribution >= 0.6 is 0 Å². The van der Waals surface area contributed by atoms with Gasteiger partial charge in [0.15, 0.2) is 6.10 Å². The molecule has 0 amide bonds. The van der Waals surface area contributed by atoms with Crippen molar-refractivity contribution in [1.82, 2.24) is 0 Å². The Morgan fingerprint density at radius 3 is 0.667 bits per heavy atom. The minimum absolute atomic E-state index is 0.0669. The van der Waals surface area contributed by atoms with Gasteiger partial charge in [0, 0.05) is 19.3 Å². The van der Waals surface area contributed by atoms with Crippen LogP contribution in [0.2, 0.25) is 0 Å². The van der Waals surface area contributed by atoms with Crippen molar-refractivity contribution in [3.05, 3.63) is 12.2 Å². The maximum absolute atomic E-state index is 12.9. The summed E-state index contributed by atoms with van der Waals surface area (Å²) < 4.78 is 16.9. The summed E-state index contributed by atoms with van der Waals surface area (Å²) in [5.74, 6) is -0.845. The summed E-state index contributed by atoms with van der Waals surface area (Å²) >= 11 is 0. The van der Waals surface area contributed by atoms with Gasteiger partial charge in [0.2, 0.25) is 0 Å². The maximum atomic E-state index is 12.9. The molecule has 6 heteroatoms. The second kappa shape index (κ2) is 64.7. The summed E-state index contributed by atoms with van der Waals surface area (Å²) in [4.78, 5) is 38.3. The van der Waals surface area contributed by atoms with E-state index in [-0.39, 0.29) is 31.1 Å². The summed E-state index contributed by atoms with van der Waals surface area (Å²) in [6.45, 7) is 6.70. The molecule has 0 rings (SSSR count). The first-order valence-electron chi connectivity index (χ1n) is 34.2. The van der Waals surface area contributed by atoms with Crippen LogP contribution in [0.5, 0.6) is 0 Å². The molecule has 444 valence electrons. The lowest BCUT2D eigenvalue weighted by Gasteiger charge is -2.18. The number of ether oxygens (including phenoxy) is 3. The molecule has 0 fully saturated rings. The monoisotopic (exact) mass is 1060 g/mol. The van der Waals surface area contributed by atoms with Crippen LogP contribution in [0, 0.1) is 0 Å². The fourth-order valence-electron chi connectivity index (χ4n) is 10.6. The number of hydrogen-bond acceptors (Lipinski definition) is 6. The molecule has 0 aromatic rings. The van der Waals surface area contributed by atoms with Gasteiger partial charge in [-0.25, -0.2) is 0 Å². The fourth-order valence-corrected chi connectivity index (χ4v) is 10.6. The zero-order valence-electron chi connectivity index (χ0n) is 51.1. The zero-order valence-corrected chi connectivity index (χ0v) is 51.1. The number of rotatable bonds is 64. The smallest absolute Gasteiger partial charge is 0.306 e. The highest BCUT2D eigenvalue weighted by Gasteiger charge is 2.19. The first kappa shape index (κ1) is 73.2. The molecule has 75 heavy (non-hydrogen) atoms. The van der Waals surface area contributed by atoms with Crippen LogP contribution in [0.3, 0.4) is 0 Å². The Balaban J connectivity index is 4.12. The minimum Gasteiger partial charge on any atom is -0.462 e. The molecule has 1 atom stereocenters. The first-order valence-corrected chi connectivity index (χ1v) is 34.2. The van der Waals surface area contributed by atoms with Gasteiger partial charge < -0.3 is 14.2 Å². The number of unbranched alkanes of at least 4 members (excludes halogenated alkanes) is 51. The Morgan fingerprint density at radius 2 is 0.440 bits per heavy atom. The van der Waals surface area contributed by atoms with Gasteiger partial charge in [0.05, 0.1) is 0 Å². The van der Waals surface area contributed by atoms with Crippen LogP contribution in [-0.2, 0) is 28.6 Å². The van der Waals surface area contributed by atoms with E-state index in [1.165, 1.54) is 289 Å². The van der Waals surface area contributed by atoms with Crippen molar-refractivity contribution in [2.45, 2.75) is 399 Å². The normalized spacial score (nSPS) is 12.0. The topological polar surface area (TPSA) is 78.9 Å². The number of allylic oxidation sites excluding steroid dienone is 2. The molecule has 0 bridgehead atoms. The van der Waals surface area contributed by atoms with Crippen LogP contribution in [0.25, 0.3) is 0 Å². The molecule has 0 aromatic carbocycles. The number of carbonyl (C=O) groups is 3. The van der Waals surface area contributed by atoms with Gasteiger partial charge in [0.25, 0.3) is 0 Å². The van der Waals surface area contributed by atoms with Crippen molar-refractivity contribution in [2.75, 3.05) is 13.2 Å². The lowest BCUT2D eigenvalue weighted by atomic mass is 10.0. The summed E-state index contributed by atoms with van der Waals surface area (Å²) in [6.07, 6.45) is 76.7. The largest absolute Gasteiger partial charge is 0.462 e. The molecule has 0 aliphatic rings. The van der Waals surface area contributed by atoms with E-state index in [1.807, 2.05) is 0 Å². The molecule has 0 spiro atoms. The summed E-state index contributed by atoms with van der Waals surface area (Å²) in [5, 5.41) is 0. The average Bonchev–Trinajstić information content (AvgIpc) is 3.41. The molecule has 0 heterocycles. The number of hydrogen-bond donors (Lipinski definition) is 0. The second-order valence-electron chi connectivity index (χ2n) is 23.5. The minimum atomic E-state index is -0.770. The number of carbonyl (C=O) groups excluding carboxylic acids is 3. The van der Waals surface area contributed by atoms with Crippen LogP contribution in [0.1, 0.15) is 393 Å². The molecule has 0 aromatic heterocycles. The molecule has 0 saturated carbocycles. The Labute approximate surface area is 469 Å². The molecule has 6 nitrogen and oxygen atoms in total. The first-order chi connectivity index (χ1) is 37.0. The second-order valence-corrected chi connectivity index (χ2v) is 23.5. The van der Waals surface area contributed by atoms with E-state index >= 15 is 0 Å². The quantitative estimate of drug-likeness (QED) is 0.0261. The molecule has 0 N–H and O–H groups in total. The van der Waals surface area contributed by atoms with E-state index in [2.05, 4.69) is 32.9 Å². The summed E-state index contributed by atoms with van der Waals surface area (Å²) in [5.41, 5.74) is 0. The van der Waals surface area contributed by atoms with E-state index in [4.69, 9.17) is 14.2 Å². The predicted octanol–water partition coefficient (Wildman–Crippen LogP) is 23.2. The van der Waals surface area contributed by atoms with Crippen LogP contribution in [0.4, 0.5) is 0 Å². The van der Waals surface area contributed by atoms with Crippen molar-refractivity contribution >= 4 is 17.9 Å². The fraction of sp³-hybridized carbons (Fsp3) is 0.928. The van der Waals surface area contributed by atoms with Gasteiger partial charge >= 0.3 is 17.9 Å². The summed E-state index contributed by atoms with van der Waals surface area (Å²) in [7, 11) is 0. The Hall–Kier alpha value is -1.85. The van der Waals surface area contributed by atoms with Crippen LogP contribution < -0.4 is 0 Å². The maximum Gasteiger partial charge on any atom is 0.306 e. The van der Waals surface area contributed by atoms with Gasteiger partial charge in [-0.3, -0.25) is 14.4 Å². The van der Waals surface area contributed by atoms with Gasteiger partial charge in [-0.2, -0.15) is 0 Å². The van der Waals surface area contributed by atoms with Crippen LogP contribution in [0.15, 0.2) is 12.2 Å². The standard InChI is InChI=1S/C69H132O6/c1-4-7-10-13-16-19-22-25-27-28-29-30-31-32-33-34-35-36-37-38-39-40-42-44-47-50-53-56-59-62-68(71)74-65-66(64-73-67(70)61-58-55-52-49-46-43-24-21-18-15-12-9-6-3)75-69(72)63-60-57-54-51-48-45-41-26-23-20-17-14-11-8-5-2/h26,41,66H,4-25,27-40,42-65H2,1-3H3/b41-26-. The van der Waals surface area contributed by atoms with Crippen molar-refractivity contribution in [2.24, 2.45) is 0 Å². The molecule has 0 saturated heterocycles. The van der Waals surface area contributed by atoms with E-state index in [0.29, 0.717) is 19.3 Å². The SMILES string of the molecule is CCCCCCCC/C=C\CCCCCCCC(=O)OC(COC(=O)CCCCCCCCCCCCCCC)COC(=O)CCCCCCCCCCCCCCCCCCCCCCCCCCCCCCC. The Morgan fingerprint density at radius 1 is 0.253 bits per heavy atom. The van der Waals surface area contributed by atoms with E-state index in [0.717, 1.165) is 64.2 Å². The van der Waals surface area contributed by atoms with Crippen molar-refractivity contribution in [3.63, 3.8) is 0 Å². The molecule has 0 radical (unpaired) electrons. The highest BCUT2D eigenvalue weighted by atomic mass is 16.6. The molecule has 0 aliphatic heterocycles. The third-order valence-corrected chi connectivity index (χ3v) is 15.8.